The molecule has 6 nitrogen and oxygen atoms in total. The number of carbonyl (C=O) groups excluding carboxylic acids is 1. The number of hydrogen-bond donors (Lipinski definition) is 2. The van der Waals surface area contributed by atoms with Crippen molar-refractivity contribution >= 4 is 11.8 Å². The molecule has 0 fully saturated rings. The van der Waals surface area contributed by atoms with Gasteiger partial charge in [0.1, 0.15) is 5.84 Å². The van der Waals surface area contributed by atoms with E-state index >= 15 is 0 Å². The van der Waals surface area contributed by atoms with Crippen molar-refractivity contribution in [2.24, 2.45) is 10.7 Å². The summed E-state index contributed by atoms with van der Waals surface area (Å²) in [5, 5.41) is 3.11. The number of ether oxygens (including phenoxy) is 1. The maximum Gasteiger partial charge on any atom is 0.357 e. The van der Waals surface area contributed by atoms with Gasteiger partial charge in [0.15, 0.2) is 5.70 Å². The summed E-state index contributed by atoms with van der Waals surface area (Å²) in [6.07, 6.45) is 0.773. The molecule has 0 spiro atoms. The minimum Gasteiger partial charge on any atom is -0.461 e. The second kappa shape index (κ2) is 6.26. The van der Waals surface area contributed by atoms with Crippen molar-refractivity contribution in [3.05, 3.63) is 22.7 Å². The molecule has 0 amide bonds. The van der Waals surface area contributed by atoms with Gasteiger partial charge in [0.2, 0.25) is 0 Å². The molecule has 106 valence electrons. The van der Waals surface area contributed by atoms with Gasteiger partial charge in [0.05, 0.1) is 17.9 Å². The zero-order valence-electron chi connectivity index (χ0n) is 12.2. The molecule has 3 N–H and O–H groups in total. The van der Waals surface area contributed by atoms with Gasteiger partial charge < -0.3 is 20.7 Å². The van der Waals surface area contributed by atoms with Gasteiger partial charge in [-0.15, -0.1) is 0 Å². The number of esters is 1. The summed E-state index contributed by atoms with van der Waals surface area (Å²) in [5.41, 5.74) is 8.60. The number of rotatable bonds is 4. The number of nitrogens with one attached hydrogen (secondary N) is 1. The van der Waals surface area contributed by atoms with E-state index in [1.54, 1.807) is 25.9 Å². The van der Waals surface area contributed by atoms with Crippen LogP contribution in [0, 0.1) is 0 Å². The quantitative estimate of drug-likeness (QED) is 0.727. The highest BCUT2D eigenvalue weighted by atomic mass is 16.5. The molecule has 1 rings (SSSR count). The van der Waals surface area contributed by atoms with Crippen molar-refractivity contribution < 1.29 is 9.53 Å². The Morgan fingerprint density at radius 1 is 1.47 bits per heavy atom. The second-order valence-electron chi connectivity index (χ2n) is 4.05. The van der Waals surface area contributed by atoms with Gasteiger partial charge in [-0.25, -0.2) is 4.79 Å². The summed E-state index contributed by atoms with van der Waals surface area (Å²) in [7, 11) is 5.27. The van der Waals surface area contributed by atoms with E-state index in [9.17, 15) is 4.79 Å². The molecule has 0 radical (unpaired) electrons. The molecule has 0 aliphatic carbocycles. The van der Waals surface area contributed by atoms with Gasteiger partial charge in [0.25, 0.3) is 0 Å². The molecule has 1 aliphatic heterocycles. The molecule has 0 bridgehead atoms. The van der Waals surface area contributed by atoms with Crippen LogP contribution in [0.3, 0.4) is 0 Å². The van der Waals surface area contributed by atoms with Crippen LogP contribution >= 0.6 is 0 Å². The van der Waals surface area contributed by atoms with E-state index in [1.807, 2.05) is 14.0 Å². The zero-order valence-corrected chi connectivity index (χ0v) is 12.2. The molecule has 0 atom stereocenters. The van der Waals surface area contributed by atoms with Crippen LogP contribution < -0.4 is 11.1 Å². The first-order chi connectivity index (χ1) is 9.03. The summed E-state index contributed by atoms with van der Waals surface area (Å²) in [6.45, 7) is 4.09. The van der Waals surface area contributed by atoms with Crippen LogP contribution in [0.15, 0.2) is 27.7 Å². The van der Waals surface area contributed by atoms with E-state index in [0.29, 0.717) is 23.8 Å². The van der Waals surface area contributed by atoms with Crippen LogP contribution in [0.5, 0.6) is 0 Å². The first-order valence-corrected chi connectivity index (χ1v) is 6.32. The first kappa shape index (κ1) is 15.1. The van der Waals surface area contributed by atoms with Crippen molar-refractivity contribution in [2.45, 2.75) is 20.3 Å². The molecular formula is C13H22N4O2. The fraction of sp³-hybridized carbons (Fsp3) is 0.538. The topological polar surface area (TPSA) is 79.9 Å². The molecular weight excluding hydrogens is 244 g/mol. The van der Waals surface area contributed by atoms with Gasteiger partial charge in [-0.2, -0.15) is 0 Å². The zero-order chi connectivity index (χ0) is 14.6. The number of aliphatic imine (C=N–C) groups is 1. The Morgan fingerprint density at radius 3 is 2.53 bits per heavy atom. The summed E-state index contributed by atoms with van der Waals surface area (Å²) >= 11 is 0. The third kappa shape index (κ3) is 2.57. The van der Waals surface area contributed by atoms with Crippen LogP contribution in [0.4, 0.5) is 0 Å². The SMILES string of the molecule is CCOC(=O)C1=C(N)C(=C(/CC)NC)/C(=N\C)N1C. The molecule has 19 heavy (non-hydrogen) atoms. The van der Waals surface area contributed by atoms with Gasteiger partial charge in [-0.3, -0.25) is 4.99 Å². The lowest BCUT2D eigenvalue weighted by Crippen LogP contribution is -2.27. The Hall–Kier alpha value is -1.98. The highest BCUT2D eigenvalue weighted by Gasteiger charge is 2.35. The fourth-order valence-corrected chi connectivity index (χ4v) is 2.18. The number of likely N-dealkylation sites (N-methyl/N-ethyl adjacent to an activating group) is 1. The van der Waals surface area contributed by atoms with Crippen LogP contribution in [0.25, 0.3) is 0 Å². The second-order valence-corrected chi connectivity index (χ2v) is 4.05. The van der Waals surface area contributed by atoms with E-state index < -0.39 is 5.97 Å². The van der Waals surface area contributed by atoms with E-state index in [2.05, 4.69) is 10.3 Å². The Morgan fingerprint density at radius 2 is 2.11 bits per heavy atom. The third-order valence-corrected chi connectivity index (χ3v) is 3.04. The predicted molar refractivity (Wildman–Crippen MR) is 75.3 cm³/mol. The van der Waals surface area contributed by atoms with Crippen LogP contribution in [-0.2, 0) is 9.53 Å². The van der Waals surface area contributed by atoms with Crippen LogP contribution in [0.2, 0.25) is 0 Å². The summed E-state index contributed by atoms with van der Waals surface area (Å²) < 4.78 is 5.04. The van der Waals surface area contributed by atoms with Crippen LogP contribution in [0.1, 0.15) is 20.3 Å². The van der Waals surface area contributed by atoms with Crippen LogP contribution in [-0.4, -0.2) is 44.5 Å². The van der Waals surface area contributed by atoms with Gasteiger partial charge in [0, 0.05) is 26.8 Å². The van der Waals surface area contributed by atoms with E-state index in [4.69, 9.17) is 10.5 Å². The van der Waals surface area contributed by atoms with Crippen molar-refractivity contribution in [3.8, 4) is 0 Å². The minimum absolute atomic E-state index is 0.313. The van der Waals surface area contributed by atoms with E-state index in [1.165, 1.54) is 0 Å². The lowest BCUT2D eigenvalue weighted by atomic mass is 10.1. The van der Waals surface area contributed by atoms with Gasteiger partial charge in [-0.1, -0.05) is 6.92 Å². The van der Waals surface area contributed by atoms with Crippen molar-refractivity contribution in [3.63, 3.8) is 0 Å². The highest BCUT2D eigenvalue weighted by Crippen LogP contribution is 2.28. The van der Waals surface area contributed by atoms with Gasteiger partial charge in [-0.05, 0) is 13.3 Å². The molecule has 0 aromatic carbocycles. The summed E-state index contributed by atoms with van der Waals surface area (Å²) in [6, 6.07) is 0. The number of amidine groups is 1. The number of carbonyl (C=O) groups is 1. The lowest BCUT2D eigenvalue weighted by Gasteiger charge is -2.16. The average Bonchev–Trinajstić information content (AvgIpc) is 2.63. The Labute approximate surface area is 114 Å². The number of nitrogens with two attached hydrogens (primary N) is 1. The first-order valence-electron chi connectivity index (χ1n) is 6.32. The highest BCUT2D eigenvalue weighted by molar-refractivity contribution is 6.12. The molecule has 0 aromatic rings. The Kier molecular flexibility index (Phi) is 4.97. The molecule has 1 aliphatic rings. The van der Waals surface area contributed by atoms with Gasteiger partial charge >= 0.3 is 5.97 Å². The lowest BCUT2D eigenvalue weighted by molar-refractivity contribution is -0.139. The standard InChI is InChI=1S/C13H22N4O2/c1-6-8(15-3)9-10(14)11(13(18)19-7-2)17(5)12(9)16-4/h15H,6-7,14H2,1-5H3/b9-8+,16-12+. The normalized spacial score (nSPS) is 20.1. The van der Waals surface area contributed by atoms with Crippen molar-refractivity contribution in [1.82, 2.24) is 10.2 Å². The Bertz CT molecular complexity index is 457. The number of allylic oxidation sites excluding steroid dienone is 1. The molecule has 6 heteroatoms. The smallest absolute Gasteiger partial charge is 0.357 e. The summed E-state index contributed by atoms with van der Waals surface area (Å²) in [4.78, 5) is 17.9. The van der Waals surface area contributed by atoms with E-state index in [-0.39, 0.29) is 0 Å². The maximum absolute atomic E-state index is 12.0. The molecule has 0 saturated heterocycles. The molecule has 0 aromatic heterocycles. The predicted octanol–water partition coefficient (Wildman–Crippen LogP) is 0.577. The molecule has 0 unspecified atom stereocenters. The number of nitrogens with zero attached hydrogens (tertiary/aromatic N) is 2. The monoisotopic (exact) mass is 266 g/mol. The van der Waals surface area contributed by atoms with Crippen molar-refractivity contribution in [1.29, 1.82) is 0 Å². The average molecular weight is 266 g/mol. The Balaban J connectivity index is 3.40. The molecule has 0 saturated carbocycles. The van der Waals surface area contributed by atoms with E-state index in [0.717, 1.165) is 17.7 Å². The minimum atomic E-state index is -0.426. The fourth-order valence-electron chi connectivity index (χ4n) is 2.18. The maximum atomic E-state index is 12.0. The third-order valence-electron chi connectivity index (χ3n) is 3.04. The van der Waals surface area contributed by atoms with Crippen molar-refractivity contribution in [2.75, 3.05) is 27.7 Å². The summed E-state index contributed by atoms with van der Waals surface area (Å²) in [5.74, 6) is 0.247. The molecule has 1 heterocycles. The number of hydrogen-bond acceptors (Lipinski definition) is 5. The largest absolute Gasteiger partial charge is 0.461 e.